The Hall–Kier alpha value is -1.24. The second-order valence-electron chi connectivity index (χ2n) is 5.80. The highest BCUT2D eigenvalue weighted by molar-refractivity contribution is 6.30. The number of piperidine rings is 1. The first-order valence-electron chi connectivity index (χ1n) is 7.46. The molecule has 0 aliphatic carbocycles. The summed E-state index contributed by atoms with van der Waals surface area (Å²) in [6, 6.07) is 8.61. The van der Waals surface area contributed by atoms with E-state index in [1.165, 1.54) is 32.2 Å². The Balaban J connectivity index is 1.67. The molecule has 1 aromatic carbocycles. The maximum absolute atomic E-state index is 9.25. The second-order valence-corrected chi connectivity index (χ2v) is 6.24. The molecule has 0 radical (unpaired) electrons. The predicted molar refractivity (Wildman–Crippen MR) is 82.1 cm³/mol. The van der Waals surface area contributed by atoms with Crippen molar-refractivity contribution in [3.8, 4) is 6.07 Å². The molecule has 2 aliphatic heterocycles. The van der Waals surface area contributed by atoms with Gasteiger partial charge in [0.15, 0.2) is 0 Å². The van der Waals surface area contributed by atoms with Gasteiger partial charge in [0.05, 0.1) is 11.3 Å². The highest BCUT2D eigenvalue weighted by Gasteiger charge is 2.28. The Morgan fingerprint density at radius 2 is 2.05 bits per heavy atom. The number of nitriles is 1. The topological polar surface area (TPSA) is 39.1 Å². The molecule has 0 amide bonds. The van der Waals surface area contributed by atoms with Crippen molar-refractivity contribution in [2.75, 3.05) is 24.5 Å². The van der Waals surface area contributed by atoms with Gasteiger partial charge >= 0.3 is 0 Å². The summed E-state index contributed by atoms with van der Waals surface area (Å²) < 4.78 is 0. The Kier molecular flexibility index (Phi) is 4.14. The number of hydrogen-bond donors (Lipinski definition) is 1. The van der Waals surface area contributed by atoms with E-state index >= 15 is 0 Å². The van der Waals surface area contributed by atoms with Gasteiger partial charge in [-0.1, -0.05) is 11.6 Å². The van der Waals surface area contributed by atoms with Gasteiger partial charge in [0.25, 0.3) is 0 Å². The fourth-order valence-electron chi connectivity index (χ4n) is 3.53. The summed E-state index contributed by atoms with van der Waals surface area (Å²) in [5, 5.41) is 13.5. The normalized spacial score (nSPS) is 23.8. The van der Waals surface area contributed by atoms with Gasteiger partial charge < -0.3 is 10.2 Å². The van der Waals surface area contributed by atoms with Crippen molar-refractivity contribution in [3.63, 3.8) is 0 Å². The van der Waals surface area contributed by atoms with Gasteiger partial charge in [0.1, 0.15) is 6.07 Å². The van der Waals surface area contributed by atoms with Crippen LogP contribution < -0.4 is 10.2 Å². The van der Waals surface area contributed by atoms with Crippen LogP contribution in [-0.2, 0) is 0 Å². The number of rotatable bonds is 2. The molecule has 0 aromatic heterocycles. The quantitative estimate of drug-likeness (QED) is 0.909. The molecule has 2 aliphatic rings. The van der Waals surface area contributed by atoms with E-state index in [4.69, 9.17) is 11.6 Å². The van der Waals surface area contributed by atoms with Gasteiger partial charge in [-0.05, 0) is 56.3 Å². The van der Waals surface area contributed by atoms with E-state index in [0.717, 1.165) is 30.7 Å². The Bertz CT molecular complexity index is 509. The van der Waals surface area contributed by atoms with Crippen LogP contribution in [0.15, 0.2) is 18.2 Å². The lowest BCUT2D eigenvalue weighted by atomic mass is 9.88. The van der Waals surface area contributed by atoms with Crippen LogP contribution in [0.3, 0.4) is 0 Å². The fourth-order valence-corrected chi connectivity index (χ4v) is 3.70. The summed E-state index contributed by atoms with van der Waals surface area (Å²) >= 11 is 5.97. The molecule has 0 spiro atoms. The molecule has 4 heteroatoms. The molecular weight excluding hydrogens is 270 g/mol. The SMILES string of the molecule is N#Cc1cc(Cl)ccc1N1CCC(C2CCCN2)CC1. The number of halogens is 1. The monoisotopic (exact) mass is 289 g/mol. The standard InChI is InChI=1S/C16H20ClN3/c17-14-3-4-16(13(10-14)11-18)20-8-5-12(6-9-20)15-2-1-7-19-15/h3-4,10,12,15,19H,1-2,5-9H2. The Labute approximate surface area is 125 Å². The van der Waals surface area contributed by atoms with E-state index in [1.807, 2.05) is 12.1 Å². The van der Waals surface area contributed by atoms with Crippen molar-refractivity contribution in [1.29, 1.82) is 5.26 Å². The molecule has 2 saturated heterocycles. The Morgan fingerprint density at radius 1 is 1.25 bits per heavy atom. The second kappa shape index (κ2) is 6.03. The average molecular weight is 290 g/mol. The number of nitrogens with zero attached hydrogens (tertiary/aromatic N) is 2. The summed E-state index contributed by atoms with van der Waals surface area (Å²) in [7, 11) is 0. The van der Waals surface area contributed by atoms with Crippen molar-refractivity contribution in [3.05, 3.63) is 28.8 Å². The van der Waals surface area contributed by atoms with Crippen LogP contribution in [-0.4, -0.2) is 25.7 Å². The van der Waals surface area contributed by atoms with Crippen molar-refractivity contribution in [1.82, 2.24) is 5.32 Å². The Morgan fingerprint density at radius 3 is 2.70 bits per heavy atom. The van der Waals surface area contributed by atoms with Gasteiger partial charge in [-0.2, -0.15) is 5.26 Å². The van der Waals surface area contributed by atoms with Gasteiger partial charge in [-0.3, -0.25) is 0 Å². The van der Waals surface area contributed by atoms with E-state index in [1.54, 1.807) is 6.07 Å². The number of anilines is 1. The third kappa shape index (κ3) is 2.77. The summed E-state index contributed by atoms with van der Waals surface area (Å²) in [4.78, 5) is 2.33. The predicted octanol–water partition coefficient (Wildman–Crippen LogP) is 3.18. The van der Waals surface area contributed by atoms with E-state index in [9.17, 15) is 5.26 Å². The van der Waals surface area contributed by atoms with Crippen molar-refractivity contribution in [2.24, 2.45) is 5.92 Å². The molecule has 0 bridgehead atoms. The molecule has 2 fully saturated rings. The molecule has 0 saturated carbocycles. The van der Waals surface area contributed by atoms with Crippen LogP contribution in [0.5, 0.6) is 0 Å². The van der Waals surface area contributed by atoms with Gasteiger partial charge in [0.2, 0.25) is 0 Å². The zero-order chi connectivity index (χ0) is 13.9. The van der Waals surface area contributed by atoms with Crippen molar-refractivity contribution >= 4 is 17.3 Å². The van der Waals surface area contributed by atoms with Crippen LogP contribution in [0.1, 0.15) is 31.2 Å². The molecule has 3 rings (SSSR count). The first-order valence-corrected chi connectivity index (χ1v) is 7.83. The molecule has 2 heterocycles. The minimum Gasteiger partial charge on any atom is -0.370 e. The zero-order valence-corrected chi connectivity index (χ0v) is 12.4. The molecule has 106 valence electrons. The average Bonchev–Trinajstić information content (AvgIpc) is 3.01. The lowest BCUT2D eigenvalue weighted by Gasteiger charge is -2.36. The van der Waals surface area contributed by atoms with E-state index in [2.05, 4.69) is 16.3 Å². The number of nitrogens with one attached hydrogen (secondary N) is 1. The summed E-state index contributed by atoms with van der Waals surface area (Å²) in [6.45, 7) is 3.26. The maximum atomic E-state index is 9.25. The first kappa shape index (κ1) is 13.7. The number of benzene rings is 1. The van der Waals surface area contributed by atoms with Crippen molar-refractivity contribution in [2.45, 2.75) is 31.7 Å². The molecule has 1 N–H and O–H groups in total. The van der Waals surface area contributed by atoms with Gasteiger partial charge in [-0.15, -0.1) is 0 Å². The lowest BCUT2D eigenvalue weighted by Crippen LogP contribution is -2.41. The highest BCUT2D eigenvalue weighted by Crippen LogP contribution is 2.30. The van der Waals surface area contributed by atoms with Gasteiger partial charge in [0, 0.05) is 24.2 Å². The molecule has 1 aromatic rings. The lowest BCUT2D eigenvalue weighted by molar-refractivity contribution is 0.319. The molecule has 1 unspecified atom stereocenters. The molecule has 1 atom stereocenters. The zero-order valence-electron chi connectivity index (χ0n) is 11.6. The molecule has 3 nitrogen and oxygen atoms in total. The number of hydrogen-bond acceptors (Lipinski definition) is 3. The first-order chi connectivity index (χ1) is 9.78. The fraction of sp³-hybridized carbons (Fsp3) is 0.562. The van der Waals surface area contributed by atoms with Crippen LogP contribution >= 0.6 is 11.6 Å². The van der Waals surface area contributed by atoms with E-state index in [-0.39, 0.29) is 0 Å². The summed E-state index contributed by atoms with van der Waals surface area (Å²) in [5.74, 6) is 0.798. The third-order valence-corrected chi connectivity index (χ3v) is 4.86. The highest BCUT2D eigenvalue weighted by atomic mass is 35.5. The largest absolute Gasteiger partial charge is 0.370 e. The smallest absolute Gasteiger partial charge is 0.101 e. The minimum atomic E-state index is 0.635. The summed E-state index contributed by atoms with van der Waals surface area (Å²) in [6.07, 6.45) is 5.08. The van der Waals surface area contributed by atoms with E-state index in [0.29, 0.717) is 10.6 Å². The third-order valence-electron chi connectivity index (χ3n) is 4.63. The van der Waals surface area contributed by atoms with Crippen molar-refractivity contribution < 1.29 is 0 Å². The molecular formula is C16H20ClN3. The van der Waals surface area contributed by atoms with Crippen LogP contribution in [0, 0.1) is 17.2 Å². The summed E-state index contributed by atoms with van der Waals surface area (Å²) in [5.41, 5.74) is 1.73. The van der Waals surface area contributed by atoms with Crippen LogP contribution in [0.25, 0.3) is 0 Å². The van der Waals surface area contributed by atoms with Crippen LogP contribution in [0.4, 0.5) is 5.69 Å². The maximum Gasteiger partial charge on any atom is 0.101 e. The van der Waals surface area contributed by atoms with E-state index < -0.39 is 0 Å². The minimum absolute atomic E-state index is 0.635. The van der Waals surface area contributed by atoms with Crippen LogP contribution in [0.2, 0.25) is 5.02 Å². The van der Waals surface area contributed by atoms with Gasteiger partial charge in [-0.25, -0.2) is 0 Å². The molecule has 20 heavy (non-hydrogen) atoms.